The molecule has 0 saturated heterocycles. The van der Waals surface area contributed by atoms with Crippen LogP contribution in [0.2, 0.25) is 0 Å². The Morgan fingerprint density at radius 3 is 2.76 bits per heavy atom. The predicted octanol–water partition coefficient (Wildman–Crippen LogP) is 3.60. The maximum atomic E-state index is 12.3. The molecule has 2 aliphatic carbocycles. The van der Waals surface area contributed by atoms with E-state index in [1.165, 1.54) is 12.8 Å². The molecule has 2 nitrogen and oxygen atoms in total. The number of hydrogen-bond acceptors (Lipinski definition) is 2. The van der Waals surface area contributed by atoms with Crippen molar-refractivity contribution < 1.29 is 9.59 Å². The first-order chi connectivity index (χ1) is 8.19. The number of carbonyl (C=O) groups is 2. The van der Waals surface area contributed by atoms with Crippen molar-refractivity contribution in [2.45, 2.75) is 64.7 Å². The van der Waals surface area contributed by atoms with Crippen LogP contribution < -0.4 is 0 Å². The van der Waals surface area contributed by atoms with Crippen LogP contribution in [-0.2, 0) is 9.59 Å². The van der Waals surface area contributed by atoms with Crippen LogP contribution in [0.4, 0.5) is 0 Å². The van der Waals surface area contributed by atoms with Gasteiger partial charge in [0, 0.05) is 12.8 Å². The zero-order chi connectivity index (χ0) is 12.3. The van der Waals surface area contributed by atoms with Crippen LogP contribution in [0.5, 0.6) is 0 Å². The summed E-state index contributed by atoms with van der Waals surface area (Å²) in [7, 11) is 0. The number of unbranched alkanes of at least 4 members (excludes halogenated alkanes) is 2. The van der Waals surface area contributed by atoms with Crippen molar-refractivity contribution in [3.63, 3.8) is 0 Å². The Labute approximate surface area is 103 Å². The lowest BCUT2D eigenvalue weighted by atomic mass is 9.61. The predicted molar refractivity (Wildman–Crippen MR) is 67.8 cm³/mol. The molecule has 1 fully saturated rings. The first-order valence-corrected chi connectivity index (χ1v) is 6.96. The highest BCUT2D eigenvalue weighted by atomic mass is 16.1. The number of ketones is 2. The van der Waals surface area contributed by atoms with Crippen molar-refractivity contribution in [3.8, 4) is 0 Å². The molecule has 94 valence electrons. The summed E-state index contributed by atoms with van der Waals surface area (Å²) < 4.78 is 0. The van der Waals surface area contributed by atoms with Gasteiger partial charge in [0.25, 0.3) is 0 Å². The molecule has 0 aromatic heterocycles. The minimum Gasteiger partial charge on any atom is -0.299 e. The summed E-state index contributed by atoms with van der Waals surface area (Å²) in [6, 6.07) is 0. The smallest absolute Gasteiger partial charge is 0.155 e. The maximum absolute atomic E-state index is 12.3. The minimum absolute atomic E-state index is 0.223. The van der Waals surface area contributed by atoms with Crippen LogP contribution in [-0.4, -0.2) is 11.6 Å². The zero-order valence-corrected chi connectivity index (χ0v) is 10.8. The summed E-state index contributed by atoms with van der Waals surface area (Å²) in [4.78, 5) is 23.8. The highest BCUT2D eigenvalue weighted by Gasteiger charge is 2.44. The number of Topliss-reactive ketones (excluding diaryl/α,β-unsaturated/α-hetero) is 1. The van der Waals surface area contributed by atoms with E-state index in [0.717, 1.165) is 44.1 Å². The van der Waals surface area contributed by atoms with Gasteiger partial charge >= 0.3 is 0 Å². The van der Waals surface area contributed by atoms with Crippen molar-refractivity contribution in [1.82, 2.24) is 0 Å². The van der Waals surface area contributed by atoms with Crippen molar-refractivity contribution in [3.05, 3.63) is 11.6 Å². The van der Waals surface area contributed by atoms with E-state index in [4.69, 9.17) is 0 Å². The monoisotopic (exact) mass is 234 g/mol. The second kappa shape index (κ2) is 5.16. The van der Waals surface area contributed by atoms with E-state index in [2.05, 4.69) is 6.92 Å². The number of allylic oxidation sites excluding steroid dienone is 2. The molecule has 2 aliphatic rings. The lowest BCUT2D eigenvalue weighted by Gasteiger charge is -2.40. The molecule has 17 heavy (non-hydrogen) atoms. The lowest BCUT2D eigenvalue weighted by molar-refractivity contribution is -0.130. The molecule has 2 rings (SSSR count). The maximum Gasteiger partial charge on any atom is 0.155 e. The molecule has 0 bridgehead atoms. The van der Waals surface area contributed by atoms with E-state index < -0.39 is 0 Å². The standard InChI is InChI=1S/C15H22O2/c1-2-3-4-9-15-10-8-13(16)11-12(15)6-5-7-14(15)17/h11H,2-10H2,1H3. The van der Waals surface area contributed by atoms with Crippen molar-refractivity contribution in [2.24, 2.45) is 5.41 Å². The first-order valence-electron chi connectivity index (χ1n) is 6.96. The summed E-state index contributed by atoms with van der Waals surface area (Å²) in [5, 5.41) is 0. The molecule has 0 aromatic rings. The first kappa shape index (κ1) is 12.5. The van der Waals surface area contributed by atoms with Crippen LogP contribution in [0.25, 0.3) is 0 Å². The van der Waals surface area contributed by atoms with Crippen LogP contribution in [0, 0.1) is 5.41 Å². The zero-order valence-electron chi connectivity index (χ0n) is 10.8. The Hall–Kier alpha value is -0.920. The third-order valence-corrected chi connectivity index (χ3v) is 4.34. The molecule has 0 amide bonds. The van der Waals surface area contributed by atoms with E-state index in [-0.39, 0.29) is 11.2 Å². The second-order valence-corrected chi connectivity index (χ2v) is 5.45. The topological polar surface area (TPSA) is 34.1 Å². The van der Waals surface area contributed by atoms with Gasteiger partial charge in [0.05, 0.1) is 5.41 Å². The molecule has 0 aliphatic heterocycles. The molecule has 1 unspecified atom stereocenters. The highest BCUT2D eigenvalue weighted by Crippen LogP contribution is 2.47. The van der Waals surface area contributed by atoms with Gasteiger partial charge in [-0.15, -0.1) is 0 Å². The molecule has 0 radical (unpaired) electrons. The summed E-state index contributed by atoms with van der Waals surface area (Å²) in [5.74, 6) is 0.624. The van der Waals surface area contributed by atoms with Crippen molar-refractivity contribution in [2.75, 3.05) is 0 Å². The fourth-order valence-electron chi connectivity index (χ4n) is 3.31. The average molecular weight is 234 g/mol. The van der Waals surface area contributed by atoms with Gasteiger partial charge in [-0.2, -0.15) is 0 Å². The van der Waals surface area contributed by atoms with Gasteiger partial charge in [-0.25, -0.2) is 0 Å². The van der Waals surface area contributed by atoms with Gasteiger partial charge in [-0.1, -0.05) is 31.8 Å². The van der Waals surface area contributed by atoms with E-state index in [1.807, 2.05) is 0 Å². The number of rotatable bonds is 4. The fourth-order valence-corrected chi connectivity index (χ4v) is 3.31. The van der Waals surface area contributed by atoms with Gasteiger partial charge in [-0.05, 0) is 31.8 Å². The number of fused-ring (bicyclic) bond motifs is 1. The third kappa shape index (κ3) is 2.36. The fraction of sp³-hybridized carbons (Fsp3) is 0.733. The quantitative estimate of drug-likeness (QED) is 0.696. The van der Waals surface area contributed by atoms with E-state index in [0.29, 0.717) is 12.2 Å². The molecular weight excluding hydrogens is 212 g/mol. The summed E-state index contributed by atoms with van der Waals surface area (Å²) in [6.07, 6.45) is 10.2. The number of carbonyl (C=O) groups excluding carboxylic acids is 2. The number of hydrogen-bond donors (Lipinski definition) is 0. The summed E-state index contributed by atoms with van der Waals surface area (Å²) in [6.45, 7) is 2.18. The van der Waals surface area contributed by atoms with Gasteiger partial charge in [0.15, 0.2) is 5.78 Å². The average Bonchev–Trinajstić information content (AvgIpc) is 2.31. The van der Waals surface area contributed by atoms with Gasteiger partial charge in [0.2, 0.25) is 0 Å². The highest BCUT2D eigenvalue weighted by molar-refractivity contribution is 5.97. The minimum atomic E-state index is -0.235. The molecule has 0 heterocycles. The van der Waals surface area contributed by atoms with Crippen LogP contribution in [0.15, 0.2) is 11.6 Å². The van der Waals surface area contributed by atoms with Gasteiger partial charge < -0.3 is 0 Å². The van der Waals surface area contributed by atoms with Crippen molar-refractivity contribution >= 4 is 11.6 Å². The van der Waals surface area contributed by atoms with Gasteiger partial charge in [-0.3, -0.25) is 9.59 Å². The van der Waals surface area contributed by atoms with E-state index in [9.17, 15) is 9.59 Å². The molecule has 1 atom stereocenters. The molecule has 0 aromatic carbocycles. The summed E-state index contributed by atoms with van der Waals surface area (Å²) in [5.41, 5.74) is 0.919. The van der Waals surface area contributed by atoms with Crippen LogP contribution >= 0.6 is 0 Å². The Balaban J connectivity index is 2.20. The third-order valence-electron chi connectivity index (χ3n) is 4.34. The van der Waals surface area contributed by atoms with E-state index in [1.54, 1.807) is 6.08 Å². The normalized spacial score (nSPS) is 28.9. The SMILES string of the molecule is CCCCCC12CCC(=O)C=C1CCCC2=O. The Morgan fingerprint density at radius 2 is 2.00 bits per heavy atom. The molecule has 2 heteroatoms. The van der Waals surface area contributed by atoms with Gasteiger partial charge in [0.1, 0.15) is 5.78 Å². The van der Waals surface area contributed by atoms with E-state index >= 15 is 0 Å². The summed E-state index contributed by atoms with van der Waals surface area (Å²) >= 11 is 0. The Bertz CT molecular complexity index is 354. The van der Waals surface area contributed by atoms with Crippen LogP contribution in [0.3, 0.4) is 0 Å². The largest absolute Gasteiger partial charge is 0.299 e. The second-order valence-electron chi connectivity index (χ2n) is 5.45. The molecule has 1 saturated carbocycles. The lowest BCUT2D eigenvalue weighted by Crippen LogP contribution is -2.39. The van der Waals surface area contributed by atoms with Crippen LogP contribution in [0.1, 0.15) is 64.7 Å². The Morgan fingerprint density at radius 1 is 1.18 bits per heavy atom. The Kier molecular flexibility index (Phi) is 3.80. The molecule has 0 spiro atoms. The van der Waals surface area contributed by atoms with Crippen molar-refractivity contribution in [1.29, 1.82) is 0 Å². The molecule has 0 N–H and O–H groups in total. The molecular formula is C15H22O2.